The number of carbonyl (C=O) groups is 1. The van der Waals surface area contributed by atoms with Crippen molar-refractivity contribution in [2.24, 2.45) is 5.92 Å². The van der Waals surface area contributed by atoms with Gasteiger partial charge in [-0.3, -0.25) is 9.48 Å². The molecular weight excluding hydrogens is 396 g/mol. The van der Waals surface area contributed by atoms with Crippen LogP contribution in [0.2, 0.25) is 0 Å². The zero-order valence-corrected chi connectivity index (χ0v) is 17.1. The van der Waals surface area contributed by atoms with Gasteiger partial charge in [0.2, 0.25) is 5.95 Å². The Balaban J connectivity index is 1.49. The van der Waals surface area contributed by atoms with Crippen molar-refractivity contribution in [3.63, 3.8) is 0 Å². The molecule has 0 aliphatic carbocycles. The van der Waals surface area contributed by atoms with Gasteiger partial charge in [-0.1, -0.05) is 12.1 Å². The molecule has 1 atom stereocenters. The molecule has 6 bridgehead atoms. The first-order valence-electron chi connectivity index (χ1n) is 10.3. The second kappa shape index (κ2) is 8.13. The van der Waals surface area contributed by atoms with Gasteiger partial charge in [-0.15, -0.1) is 5.10 Å². The predicted molar refractivity (Wildman–Crippen MR) is 113 cm³/mol. The average molecular weight is 418 g/mol. The number of rotatable bonds is 0. The van der Waals surface area contributed by atoms with Crippen LogP contribution < -0.4 is 10.1 Å². The molecule has 10 nitrogen and oxygen atoms in total. The highest BCUT2D eigenvalue weighted by molar-refractivity contribution is 5.80. The van der Waals surface area contributed by atoms with Gasteiger partial charge in [0.05, 0.1) is 25.2 Å². The predicted octanol–water partition coefficient (Wildman–Crippen LogP) is 2.92. The molecule has 0 radical (unpaired) electrons. The van der Waals surface area contributed by atoms with Crippen molar-refractivity contribution in [2.45, 2.75) is 32.7 Å². The zero-order chi connectivity index (χ0) is 21.2. The van der Waals surface area contributed by atoms with E-state index in [4.69, 9.17) is 4.74 Å². The normalized spacial score (nSPS) is 17.5. The molecule has 4 aromatic rings. The molecule has 1 N–H and O–H groups in total. The quantitative estimate of drug-likeness (QED) is 0.464. The van der Waals surface area contributed by atoms with Crippen molar-refractivity contribution < 1.29 is 9.53 Å². The molecule has 158 valence electrons. The molecule has 0 saturated carbocycles. The van der Waals surface area contributed by atoms with Gasteiger partial charge in [0, 0.05) is 24.6 Å². The van der Waals surface area contributed by atoms with Crippen molar-refractivity contribution in [3.05, 3.63) is 42.9 Å². The minimum atomic E-state index is -0.00909. The fourth-order valence-electron chi connectivity index (χ4n) is 3.52. The van der Waals surface area contributed by atoms with Crippen LogP contribution in [-0.4, -0.2) is 47.1 Å². The van der Waals surface area contributed by atoms with Crippen LogP contribution in [0, 0.1) is 5.92 Å². The van der Waals surface area contributed by atoms with Crippen LogP contribution in [0.1, 0.15) is 26.2 Å². The number of nitrogens with zero attached hydrogens (tertiary/aromatic N) is 7. The van der Waals surface area contributed by atoms with E-state index in [0.717, 1.165) is 30.0 Å². The molecule has 5 heterocycles. The number of ketones is 1. The molecule has 2 aliphatic rings. The van der Waals surface area contributed by atoms with Crippen LogP contribution in [0.3, 0.4) is 0 Å². The lowest BCUT2D eigenvalue weighted by Gasteiger charge is -2.12. The minimum absolute atomic E-state index is 0.00909. The summed E-state index contributed by atoms with van der Waals surface area (Å²) < 4.78 is 9.17. The molecule has 0 amide bonds. The van der Waals surface area contributed by atoms with Gasteiger partial charge in [0.25, 0.3) is 0 Å². The maximum atomic E-state index is 12.5. The maximum absolute atomic E-state index is 12.5. The number of hydrogen-bond donors (Lipinski definition) is 1. The van der Waals surface area contributed by atoms with Gasteiger partial charge in [0.15, 0.2) is 11.2 Å². The van der Waals surface area contributed by atoms with Crippen molar-refractivity contribution >= 4 is 28.6 Å². The van der Waals surface area contributed by atoms with Crippen LogP contribution in [0.15, 0.2) is 42.9 Å². The van der Waals surface area contributed by atoms with Crippen LogP contribution in [-0.2, 0) is 11.3 Å². The Bertz CT molecular complexity index is 1210. The first-order valence-corrected chi connectivity index (χ1v) is 10.3. The first-order chi connectivity index (χ1) is 15.2. The monoisotopic (exact) mass is 418 g/mol. The van der Waals surface area contributed by atoms with Crippen LogP contribution in [0.4, 0.5) is 11.6 Å². The summed E-state index contributed by atoms with van der Waals surface area (Å²) in [5.41, 5.74) is 2.71. The SMILES string of the molecule is CC1CCCOc2ccc(cc2)Nc2ncc3nnn(c3n2)-c2cnn(c2)CCC1=O. The molecule has 3 aromatic heterocycles. The van der Waals surface area contributed by atoms with E-state index in [1.165, 1.54) is 0 Å². The van der Waals surface area contributed by atoms with Gasteiger partial charge >= 0.3 is 0 Å². The summed E-state index contributed by atoms with van der Waals surface area (Å²) in [5, 5.41) is 15.9. The van der Waals surface area contributed by atoms with Crippen molar-refractivity contribution in [3.8, 4) is 11.4 Å². The number of fused-ring (bicyclic) bond motifs is 9. The molecule has 10 heteroatoms. The number of Topliss-reactive ketones (excluding diaryl/α,β-unsaturated/α-hetero) is 1. The summed E-state index contributed by atoms with van der Waals surface area (Å²) >= 11 is 0. The fourth-order valence-corrected chi connectivity index (χ4v) is 3.52. The lowest BCUT2D eigenvalue weighted by atomic mass is 9.98. The number of aromatic nitrogens is 7. The van der Waals surface area contributed by atoms with Gasteiger partial charge < -0.3 is 10.1 Å². The van der Waals surface area contributed by atoms with Gasteiger partial charge in [-0.2, -0.15) is 14.8 Å². The zero-order valence-electron chi connectivity index (χ0n) is 17.1. The topological polar surface area (TPSA) is 113 Å². The molecule has 0 saturated heterocycles. The van der Waals surface area contributed by atoms with Crippen LogP contribution in [0.25, 0.3) is 16.9 Å². The summed E-state index contributed by atoms with van der Waals surface area (Å²) in [6.45, 7) is 3.06. The van der Waals surface area contributed by atoms with Crippen LogP contribution >= 0.6 is 0 Å². The third kappa shape index (κ3) is 4.09. The Morgan fingerprint density at radius 3 is 2.94 bits per heavy atom. The van der Waals surface area contributed by atoms with E-state index in [9.17, 15) is 4.79 Å². The van der Waals surface area contributed by atoms with E-state index >= 15 is 0 Å². The van der Waals surface area contributed by atoms with E-state index in [-0.39, 0.29) is 11.7 Å². The third-order valence-electron chi connectivity index (χ3n) is 5.35. The molecule has 1 unspecified atom stereocenters. The second-order valence-electron chi connectivity index (χ2n) is 7.62. The first kappa shape index (κ1) is 19.2. The molecule has 2 aliphatic heterocycles. The average Bonchev–Trinajstić information content (AvgIpc) is 3.42. The second-order valence-corrected chi connectivity index (χ2v) is 7.62. The van der Waals surface area contributed by atoms with Crippen molar-refractivity contribution in [1.82, 2.24) is 34.7 Å². The standard InChI is InChI=1S/C21H22N8O2/c1-14-3-2-10-31-17-6-4-15(5-7-17)24-21-22-12-18-20(25-21)29(27-26-18)16-11-23-28(13-16)9-8-19(14)30/h4-7,11-14H,2-3,8-10H2,1H3,(H,22,24,25). The smallest absolute Gasteiger partial charge is 0.229 e. The van der Waals surface area contributed by atoms with Crippen LogP contribution in [0.5, 0.6) is 5.75 Å². The number of ether oxygens (including phenoxy) is 1. The molecular formula is C21H22N8O2. The highest BCUT2D eigenvalue weighted by atomic mass is 16.5. The van der Waals surface area contributed by atoms with Crippen molar-refractivity contribution in [2.75, 3.05) is 11.9 Å². The number of anilines is 2. The van der Waals surface area contributed by atoms with E-state index in [0.29, 0.717) is 36.7 Å². The van der Waals surface area contributed by atoms with E-state index in [1.54, 1.807) is 21.8 Å². The summed E-state index contributed by atoms with van der Waals surface area (Å²) in [4.78, 5) is 21.4. The Morgan fingerprint density at radius 2 is 2.06 bits per heavy atom. The molecule has 0 spiro atoms. The molecule has 0 fully saturated rings. The summed E-state index contributed by atoms with van der Waals surface area (Å²) in [6, 6.07) is 7.61. The number of hydrogen-bond acceptors (Lipinski definition) is 8. The summed E-state index contributed by atoms with van der Waals surface area (Å²) in [6.07, 6.45) is 7.20. The van der Waals surface area contributed by atoms with Crippen molar-refractivity contribution in [1.29, 1.82) is 0 Å². The minimum Gasteiger partial charge on any atom is -0.494 e. The molecule has 1 aromatic carbocycles. The van der Waals surface area contributed by atoms with E-state index < -0.39 is 0 Å². The number of carbonyl (C=O) groups excluding carboxylic acids is 1. The van der Waals surface area contributed by atoms with Gasteiger partial charge in [0.1, 0.15) is 17.2 Å². The Kier molecular flexibility index (Phi) is 5.03. The van der Waals surface area contributed by atoms with E-state index in [1.807, 2.05) is 37.4 Å². The fraction of sp³-hybridized carbons (Fsp3) is 0.333. The highest BCUT2D eigenvalue weighted by Gasteiger charge is 2.15. The molecule has 31 heavy (non-hydrogen) atoms. The summed E-state index contributed by atoms with van der Waals surface area (Å²) in [7, 11) is 0. The number of benzene rings is 1. The van der Waals surface area contributed by atoms with E-state index in [2.05, 4.69) is 30.7 Å². The maximum Gasteiger partial charge on any atom is 0.229 e. The summed E-state index contributed by atoms with van der Waals surface area (Å²) in [5.74, 6) is 1.44. The Labute approximate surface area is 178 Å². The molecule has 6 rings (SSSR count). The number of aryl methyl sites for hydroxylation is 1. The largest absolute Gasteiger partial charge is 0.494 e. The van der Waals surface area contributed by atoms with Gasteiger partial charge in [-0.05, 0) is 37.1 Å². The number of nitrogens with one attached hydrogen (secondary N) is 1. The van der Waals surface area contributed by atoms with Gasteiger partial charge in [-0.25, -0.2) is 4.98 Å². The Hall–Kier alpha value is -3.82. The Morgan fingerprint density at radius 1 is 1.19 bits per heavy atom. The highest BCUT2D eigenvalue weighted by Crippen LogP contribution is 2.21. The lowest BCUT2D eigenvalue weighted by Crippen LogP contribution is -2.15. The lowest BCUT2D eigenvalue weighted by molar-refractivity contribution is -0.122. The third-order valence-corrected chi connectivity index (χ3v) is 5.35.